The number of benzene rings is 2. The molecule has 0 saturated heterocycles. The van der Waals surface area contributed by atoms with Gasteiger partial charge >= 0.3 is 0 Å². The molecular formula is C21H19N3O2S2. The lowest BCUT2D eigenvalue weighted by molar-refractivity contribution is 0.601. The predicted octanol–water partition coefficient (Wildman–Crippen LogP) is 4.96. The highest BCUT2D eigenvalue weighted by atomic mass is 32.2. The molecule has 0 fully saturated rings. The summed E-state index contributed by atoms with van der Waals surface area (Å²) in [6.07, 6.45) is 2.46. The van der Waals surface area contributed by atoms with Gasteiger partial charge in [-0.15, -0.1) is 11.3 Å². The molecule has 0 spiro atoms. The smallest absolute Gasteiger partial charge is 0.265 e. The highest BCUT2D eigenvalue weighted by Gasteiger charge is 2.25. The van der Waals surface area contributed by atoms with Crippen molar-refractivity contribution in [2.24, 2.45) is 0 Å². The monoisotopic (exact) mass is 409 g/mol. The maximum Gasteiger partial charge on any atom is 0.265 e. The van der Waals surface area contributed by atoms with Gasteiger partial charge in [-0.2, -0.15) is 5.10 Å². The molecule has 4 aromatic rings. The van der Waals surface area contributed by atoms with E-state index >= 15 is 0 Å². The third kappa shape index (κ3) is 3.72. The predicted molar refractivity (Wildman–Crippen MR) is 114 cm³/mol. The minimum Gasteiger partial charge on any atom is -0.280 e. The zero-order chi connectivity index (χ0) is 19.6. The van der Waals surface area contributed by atoms with Crippen molar-refractivity contribution in [3.05, 3.63) is 83.9 Å². The first-order chi connectivity index (χ1) is 13.6. The number of hydrogen-bond acceptors (Lipinski definition) is 4. The molecule has 1 N–H and O–H groups in total. The molecule has 0 aliphatic heterocycles. The third-order valence-corrected chi connectivity index (χ3v) is 6.62. The summed E-state index contributed by atoms with van der Waals surface area (Å²) in [5.41, 5.74) is 2.92. The van der Waals surface area contributed by atoms with E-state index in [0.717, 1.165) is 22.5 Å². The quantitative estimate of drug-likeness (QED) is 0.489. The van der Waals surface area contributed by atoms with Gasteiger partial charge in [-0.05, 0) is 47.7 Å². The summed E-state index contributed by atoms with van der Waals surface area (Å²) >= 11 is 1.46. The molecule has 2 aromatic carbocycles. The molecule has 0 aliphatic carbocycles. The number of rotatable bonds is 6. The highest BCUT2D eigenvalue weighted by molar-refractivity contribution is 7.92. The van der Waals surface area contributed by atoms with E-state index in [1.54, 1.807) is 23.0 Å². The first-order valence-electron chi connectivity index (χ1n) is 8.87. The van der Waals surface area contributed by atoms with E-state index < -0.39 is 10.0 Å². The highest BCUT2D eigenvalue weighted by Crippen LogP contribution is 2.31. The Morgan fingerprint density at radius 2 is 1.75 bits per heavy atom. The second-order valence-electron chi connectivity index (χ2n) is 6.26. The molecule has 2 heterocycles. The van der Waals surface area contributed by atoms with Crippen LogP contribution in [0.4, 0.5) is 5.69 Å². The number of aromatic nitrogens is 2. The molecule has 0 saturated carbocycles. The van der Waals surface area contributed by atoms with Crippen molar-refractivity contribution in [1.82, 2.24) is 9.78 Å². The maximum atomic E-state index is 13.2. The Kier molecular flexibility index (Phi) is 5.02. The first-order valence-corrected chi connectivity index (χ1v) is 11.2. The van der Waals surface area contributed by atoms with Crippen LogP contribution >= 0.6 is 11.3 Å². The number of nitrogens with zero attached hydrogens (tertiary/aromatic N) is 2. The Morgan fingerprint density at radius 3 is 2.39 bits per heavy atom. The summed E-state index contributed by atoms with van der Waals surface area (Å²) in [6, 6.07) is 20.6. The van der Waals surface area contributed by atoms with Crippen molar-refractivity contribution < 1.29 is 8.42 Å². The van der Waals surface area contributed by atoms with Gasteiger partial charge in [-0.25, -0.2) is 13.1 Å². The van der Waals surface area contributed by atoms with Crippen LogP contribution in [0.25, 0.3) is 16.3 Å². The lowest BCUT2D eigenvalue weighted by Gasteiger charge is -2.08. The zero-order valence-corrected chi connectivity index (χ0v) is 16.9. The van der Waals surface area contributed by atoms with E-state index in [-0.39, 0.29) is 4.90 Å². The van der Waals surface area contributed by atoms with E-state index in [4.69, 9.17) is 0 Å². The van der Waals surface area contributed by atoms with Gasteiger partial charge in [0.25, 0.3) is 10.0 Å². The average Bonchev–Trinajstić information content (AvgIpc) is 3.39. The normalized spacial score (nSPS) is 11.5. The summed E-state index contributed by atoms with van der Waals surface area (Å²) in [6.45, 7) is 2.06. The number of anilines is 1. The summed E-state index contributed by atoms with van der Waals surface area (Å²) in [5, 5.41) is 6.47. The zero-order valence-electron chi connectivity index (χ0n) is 15.2. The van der Waals surface area contributed by atoms with Gasteiger partial charge in [0.15, 0.2) is 0 Å². The second kappa shape index (κ2) is 7.61. The van der Waals surface area contributed by atoms with Crippen LogP contribution in [-0.4, -0.2) is 18.2 Å². The first kappa shape index (κ1) is 18.5. The second-order valence-corrected chi connectivity index (χ2v) is 8.85. The molecule has 0 radical (unpaired) electrons. The Hall–Kier alpha value is -2.90. The number of thiophene rings is 1. The summed E-state index contributed by atoms with van der Waals surface area (Å²) in [5.74, 6) is 0. The Bertz CT molecular complexity index is 1160. The van der Waals surface area contributed by atoms with Gasteiger partial charge in [0, 0.05) is 5.69 Å². The SMILES string of the molecule is CCc1ccc(NS(=O)(=O)c2cn(-c3ccccc3)nc2-c2cccs2)cc1. The van der Waals surface area contributed by atoms with Crippen molar-refractivity contribution in [3.8, 4) is 16.3 Å². The standard InChI is InChI=1S/C21H19N3O2S2/c1-2-16-10-12-17(13-11-16)23-28(25,26)20-15-24(18-7-4-3-5-8-18)22-21(20)19-9-6-14-27-19/h3-15,23H,2H2,1H3. The Balaban J connectivity index is 1.77. The van der Waals surface area contributed by atoms with Crippen LogP contribution in [-0.2, 0) is 16.4 Å². The molecule has 0 unspecified atom stereocenters. The van der Waals surface area contributed by atoms with E-state index in [2.05, 4.69) is 16.7 Å². The van der Waals surface area contributed by atoms with Crippen LogP contribution < -0.4 is 4.72 Å². The van der Waals surface area contributed by atoms with Crippen LogP contribution in [0.5, 0.6) is 0 Å². The molecule has 0 bridgehead atoms. The van der Waals surface area contributed by atoms with Crippen LogP contribution in [0.2, 0.25) is 0 Å². The number of sulfonamides is 1. The van der Waals surface area contributed by atoms with Crippen molar-refractivity contribution in [2.45, 2.75) is 18.2 Å². The van der Waals surface area contributed by atoms with Crippen LogP contribution in [0.15, 0.2) is 83.2 Å². The fourth-order valence-electron chi connectivity index (χ4n) is 2.87. The molecule has 0 amide bonds. The third-order valence-electron chi connectivity index (χ3n) is 4.36. The molecule has 28 heavy (non-hydrogen) atoms. The van der Waals surface area contributed by atoms with E-state index in [1.807, 2.05) is 60.0 Å². The molecule has 142 valence electrons. The molecule has 0 atom stereocenters. The van der Waals surface area contributed by atoms with Crippen LogP contribution in [0.1, 0.15) is 12.5 Å². The maximum absolute atomic E-state index is 13.2. The van der Waals surface area contributed by atoms with Gasteiger partial charge in [0.2, 0.25) is 0 Å². The van der Waals surface area contributed by atoms with Gasteiger partial charge < -0.3 is 0 Å². The Morgan fingerprint density at radius 1 is 1.00 bits per heavy atom. The summed E-state index contributed by atoms with van der Waals surface area (Å²) in [7, 11) is -3.80. The van der Waals surface area contributed by atoms with Crippen LogP contribution in [0.3, 0.4) is 0 Å². The van der Waals surface area contributed by atoms with Crippen molar-refractivity contribution in [3.63, 3.8) is 0 Å². The van der Waals surface area contributed by atoms with Crippen LogP contribution in [0, 0.1) is 0 Å². The van der Waals surface area contributed by atoms with Gasteiger partial charge in [0.05, 0.1) is 16.8 Å². The van der Waals surface area contributed by atoms with Gasteiger partial charge in [-0.1, -0.05) is 43.3 Å². The average molecular weight is 410 g/mol. The summed E-state index contributed by atoms with van der Waals surface area (Å²) in [4.78, 5) is 0.953. The molecule has 7 heteroatoms. The molecule has 5 nitrogen and oxygen atoms in total. The molecule has 4 rings (SSSR count). The Labute approximate surface area is 168 Å². The van der Waals surface area contributed by atoms with Crippen molar-refractivity contribution >= 4 is 27.0 Å². The van der Waals surface area contributed by atoms with E-state index in [9.17, 15) is 8.42 Å². The number of para-hydroxylation sites is 1. The summed E-state index contributed by atoms with van der Waals surface area (Å²) < 4.78 is 30.6. The minimum atomic E-state index is -3.80. The fraction of sp³-hybridized carbons (Fsp3) is 0.0952. The van der Waals surface area contributed by atoms with Gasteiger partial charge in [-0.3, -0.25) is 4.72 Å². The lowest BCUT2D eigenvalue weighted by atomic mass is 10.2. The van der Waals surface area contributed by atoms with E-state index in [1.165, 1.54) is 11.3 Å². The topological polar surface area (TPSA) is 64.0 Å². The number of hydrogen-bond donors (Lipinski definition) is 1. The fourth-order valence-corrected chi connectivity index (χ4v) is 4.86. The van der Waals surface area contributed by atoms with E-state index in [0.29, 0.717) is 11.4 Å². The molecule has 0 aliphatic rings. The lowest BCUT2D eigenvalue weighted by Crippen LogP contribution is -2.13. The van der Waals surface area contributed by atoms with Gasteiger partial charge in [0.1, 0.15) is 10.6 Å². The van der Waals surface area contributed by atoms with Crippen molar-refractivity contribution in [2.75, 3.05) is 4.72 Å². The minimum absolute atomic E-state index is 0.151. The number of nitrogens with one attached hydrogen (secondary N) is 1. The largest absolute Gasteiger partial charge is 0.280 e. The number of aryl methyl sites for hydroxylation is 1. The molecular weight excluding hydrogens is 390 g/mol. The molecule has 2 aromatic heterocycles. The van der Waals surface area contributed by atoms with Crippen molar-refractivity contribution in [1.29, 1.82) is 0 Å².